The first-order valence-electron chi connectivity index (χ1n) is 6.00. The van der Waals surface area contributed by atoms with E-state index in [0.717, 1.165) is 25.9 Å². The van der Waals surface area contributed by atoms with Crippen LogP contribution >= 0.6 is 12.4 Å². The highest BCUT2D eigenvalue weighted by Crippen LogP contribution is 2.15. The summed E-state index contributed by atoms with van der Waals surface area (Å²) in [6.07, 6.45) is 2.60. The molecule has 0 saturated carbocycles. The Morgan fingerprint density at radius 2 is 2.11 bits per heavy atom. The van der Waals surface area contributed by atoms with E-state index < -0.39 is 0 Å². The van der Waals surface area contributed by atoms with Gasteiger partial charge in [-0.25, -0.2) is 4.39 Å². The predicted octanol–water partition coefficient (Wildman–Crippen LogP) is 2.58. The summed E-state index contributed by atoms with van der Waals surface area (Å²) >= 11 is 0. The Bertz CT molecular complexity index is 377. The Morgan fingerprint density at radius 1 is 1.39 bits per heavy atom. The number of rotatable bonds is 4. The second-order valence-corrected chi connectivity index (χ2v) is 4.45. The molecular formula is C13H18ClFN2O. The molecule has 1 unspecified atom stereocenters. The molecule has 1 aliphatic heterocycles. The summed E-state index contributed by atoms with van der Waals surface area (Å²) < 4.78 is 12.7. The molecule has 2 rings (SSSR count). The minimum absolute atomic E-state index is 0. The van der Waals surface area contributed by atoms with E-state index in [4.69, 9.17) is 0 Å². The van der Waals surface area contributed by atoms with Crippen LogP contribution in [0.15, 0.2) is 24.3 Å². The Hall–Kier alpha value is -1.13. The van der Waals surface area contributed by atoms with E-state index in [2.05, 4.69) is 10.6 Å². The van der Waals surface area contributed by atoms with Gasteiger partial charge in [0.1, 0.15) is 5.82 Å². The molecule has 0 aliphatic carbocycles. The molecule has 1 atom stereocenters. The number of carbonyl (C=O) groups is 1. The molecule has 1 saturated heterocycles. The zero-order valence-corrected chi connectivity index (χ0v) is 10.9. The van der Waals surface area contributed by atoms with Gasteiger partial charge in [-0.3, -0.25) is 4.79 Å². The van der Waals surface area contributed by atoms with Crippen LogP contribution in [0.1, 0.15) is 19.3 Å². The van der Waals surface area contributed by atoms with Gasteiger partial charge in [0.25, 0.3) is 0 Å². The van der Waals surface area contributed by atoms with Crippen molar-refractivity contribution < 1.29 is 9.18 Å². The van der Waals surface area contributed by atoms with Gasteiger partial charge >= 0.3 is 0 Å². The summed E-state index contributed by atoms with van der Waals surface area (Å²) in [5.41, 5.74) is 0.654. The van der Waals surface area contributed by atoms with Gasteiger partial charge in [-0.05, 0) is 56.1 Å². The standard InChI is InChI=1S/C13H17FN2O.ClH/c14-11-2-4-12(5-3-11)16-13(17)6-1-10-7-8-15-9-10;/h2-5,10,15H,1,6-9H2,(H,16,17);1H. The number of hydrogen-bond acceptors (Lipinski definition) is 2. The van der Waals surface area contributed by atoms with Gasteiger partial charge in [0.2, 0.25) is 5.91 Å². The molecule has 1 fully saturated rings. The Balaban J connectivity index is 0.00000162. The molecule has 5 heteroatoms. The number of hydrogen-bond donors (Lipinski definition) is 2. The molecule has 1 aliphatic rings. The molecule has 0 bridgehead atoms. The van der Waals surface area contributed by atoms with Crippen LogP contribution < -0.4 is 10.6 Å². The minimum atomic E-state index is -0.292. The minimum Gasteiger partial charge on any atom is -0.326 e. The van der Waals surface area contributed by atoms with Crippen molar-refractivity contribution in [3.63, 3.8) is 0 Å². The lowest BCUT2D eigenvalue weighted by Crippen LogP contribution is -2.14. The largest absolute Gasteiger partial charge is 0.326 e. The van der Waals surface area contributed by atoms with E-state index >= 15 is 0 Å². The van der Waals surface area contributed by atoms with E-state index in [9.17, 15) is 9.18 Å². The van der Waals surface area contributed by atoms with Gasteiger partial charge in [0, 0.05) is 12.1 Å². The molecule has 0 spiro atoms. The zero-order chi connectivity index (χ0) is 12.1. The molecular weight excluding hydrogens is 255 g/mol. The summed E-state index contributed by atoms with van der Waals surface area (Å²) in [5.74, 6) is 0.331. The number of amides is 1. The average Bonchev–Trinajstić information content (AvgIpc) is 2.83. The van der Waals surface area contributed by atoms with Crippen LogP contribution in [0.3, 0.4) is 0 Å². The fourth-order valence-electron chi connectivity index (χ4n) is 2.05. The fourth-order valence-corrected chi connectivity index (χ4v) is 2.05. The van der Waals surface area contributed by atoms with Crippen molar-refractivity contribution in [1.29, 1.82) is 0 Å². The van der Waals surface area contributed by atoms with Crippen molar-refractivity contribution in [3.8, 4) is 0 Å². The quantitative estimate of drug-likeness (QED) is 0.885. The average molecular weight is 273 g/mol. The van der Waals surface area contributed by atoms with Crippen molar-refractivity contribution in [2.45, 2.75) is 19.3 Å². The van der Waals surface area contributed by atoms with Gasteiger partial charge in [0.15, 0.2) is 0 Å². The number of halogens is 2. The smallest absolute Gasteiger partial charge is 0.224 e. The zero-order valence-electron chi connectivity index (χ0n) is 10.1. The maximum Gasteiger partial charge on any atom is 0.224 e. The number of carbonyl (C=O) groups excluding carboxylic acids is 1. The Morgan fingerprint density at radius 3 is 2.72 bits per heavy atom. The molecule has 1 heterocycles. The van der Waals surface area contributed by atoms with Crippen LogP contribution in [0.2, 0.25) is 0 Å². The summed E-state index contributed by atoms with van der Waals surface area (Å²) in [6.45, 7) is 2.08. The Labute approximate surface area is 113 Å². The van der Waals surface area contributed by atoms with Crippen LogP contribution in [0.25, 0.3) is 0 Å². The molecule has 2 N–H and O–H groups in total. The molecule has 3 nitrogen and oxygen atoms in total. The SMILES string of the molecule is Cl.O=C(CCC1CCNC1)Nc1ccc(F)cc1. The van der Waals surface area contributed by atoms with Crippen LogP contribution in [-0.4, -0.2) is 19.0 Å². The third-order valence-corrected chi connectivity index (χ3v) is 3.07. The third kappa shape index (κ3) is 4.63. The highest BCUT2D eigenvalue weighted by atomic mass is 35.5. The summed E-state index contributed by atoms with van der Waals surface area (Å²) in [5, 5.41) is 6.05. The van der Waals surface area contributed by atoms with Gasteiger partial charge < -0.3 is 10.6 Å². The van der Waals surface area contributed by atoms with Gasteiger partial charge in [0.05, 0.1) is 0 Å². The molecule has 0 aromatic heterocycles. The van der Waals surface area contributed by atoms with Crippen molar-refractivity contribution in [1.82, 2.24) is 5.32 Å². The lowest BCUT2D eigenvalue weighted by Gasteiger charge is -2.08. The maximum atomic E-state index is 12.7. The highest BCUT2D eigenvalue weighted by Gasteiger charge is 2.15. The lowest BCUT2D eigenvalue weighted by atomic mass is 10.0. The normalized spacial score (nSPS) is 18.2. The van der Waals surface area contributed by atoms with Crippen molar-refractivity contribution >= 4 is 24.0 Å². The first-order valence-corrected chi connectivity index (χ1v) is 6.00. The van der Waals surface area contributed by atoms with E-state index in [1.807, 2.05) is 0 Å². The Kier molecular flexibility index (Phi) is 6.09. The summed E-state index contributed by atoms with van der Waals surface area (Å²) in [6, 6.07) is 5.84. The summed E-state index contributed by atoms with van der Waals surface area (Å²) in [4.78, 5) is 11.6. The lowest BCUT2D eigenvalue weighted by molar-refractivity contribution is -0.116. The van der Waals surface area contributed by atoms with E-state index in [-0.39, 0.29) is 24.1 Å². The predicted molar refractivity (Wildman–Crippen MR) is 72.5 cm³/mol. The molecule has 1 aromatic rings. The van der Waals surface area contributed by atoms with E-state index in [0.29, 0.717) is 18.0 Å². The molecule has 1 aromatic carbocycles. The fraction of sp³-hybridized carbons (Fsp3) is 0.462. The first-order chi connectivity index (χ1) is 8.24. The van der Waals surface area contributed by atoms with Crippen molar-refractivity contribution in [2.24, 2.45) is 5.92 Å². The van der Waals surface area contributed by atoms with Crippen LogP contribution in [0.5, 0.6) is 0 Å². The van der Waals surface area contributed by atoms with E-state index in [1.165, 1.54) is 12.1 Å². The second kappa shape index (κ2) is 7.34. The van der Waals surface area contributed by atoms with E-state index in [1.54, 1.807) is 12.1 Å². The highest BCUT2D eigenvalue weighted by molar-refractivity contribution is 5.90. The number of anilines is 1. The van der Waals surface area contributed by atoms with Gasteiger partial charge in [-0.15, -0.1) is 12.4 Å². The monoisotopic (exact) mass is 272 g/mol. The van der Waals surface area contributed by atoms with Crippen LogP contribution in [-0.2, 0) is 4.79 Å². The molecule has 1 amide bonds. The van der Waals surface area contributed by atoms with Gasteiger partial charge in [-0.1, -0.05) is 0 Å². The number of benzene rings is 1. The topological polar surface area (TPSA) is 41.1 Å². The van der Waals surface area contributed by atoms with Crippen molar-refractivity contribution in [3.05, 3.63) is 30.1 Å². The van der Waals surface area contributed by atoms with Gasteiger partial charge in [-0.2, -0.15) is 0 Å². The second-order valence-electron chi connectivity index (χ2n) is 4.45. The molecule has 0 radical (unpaired) electrons. The van der Waals surface area contributed by atoms with Crippen molar-refractivity contribution in [2.75, 3.05) is 18.4 Å². The molecule has 18 heavy (non-hydrogen) atoms. The van der Waals surface area contributed by atoms with Crippen LogP contribution in [0.4, 0.5) is 10.1 Å². The summed E-state index contributed by atoms with van der Waals surface area (Å²) in [7, 11) is 0. The molecule has 100 valence electrons. The maximum absolute atomic E-state index is 12.7. The number of nitrogens with one attached hydrogen (secondary N) is 2. The first kappa shape index (κ1) is 14.9. The van der Waals surface area contributed by atoms with Crippen LogP contribution in [0, 0.1) is 11.7 Å². The third-order valence-electron chi connectivity index (χ3n) is 3.07.